The fraction of sp³-hybridized carbons (Fsp3) is 0.421. The molecule has 7 heteroatoms. The van der Waals surface area contributed by atoms with E-state index in [1.165, 1.54) is 23.8 Å². The topological polar surface area (TPSA) is 75.3 Å². The zero-order chi connectivity index (χ0) is 19.3. The van der Waals surface area contributed by atoms with Gasteiger partial charge >= 0.3 is 0 Å². The fourth-order valence-electron chi connectivity index (χ4n) is 2.58. The number of rotatable bonds is 8. The molecule has 1 heterocycles. The normalized spacial score (nSPS) is 13.0. The van der Waals surface area contributed by atoms with E-state index >= 15 is 0 Å². The zero-order valence-electron chi connectivity index (χ0n) is 15.6. The molecule has 1 unspecified atom stereocenters. The minimum atomic E-state index is -3.63. The van der Waals surface area contributed by atoms with Gasteiger partial charge in [-0.1, -0.05) is 45.0 Å². The van der Waals surface area contributed by atoms with E-state index in [9.17, 15) is 13.2 Å². The molecule has 2 rings (SSSR count). The molecule has 0 aliphatic carbocycles. The number of hydrogen-bond donors (Lipinski definition) is 2. The fourth-order valence-corrected chi connectivity index (χ4v) is 5.27. The number of carbonyl (C=O) groups excluding carboxylic acids is 1. The van der Waals surface area contributed by atoms with Crippen LogP contribution in [0.3, 0.4) is 0 Å². The van der Waals surface area contributed by atoms with Gasteiger partial charge < -0.3 is 5.32 Å². The molecule has 0 aliphatic heterocycles. The van der Waals surface area contributed by atoms with E-state index in [4.69, 9.17) is 0 Å². The third kappa shape index (κ3) is 5.40. The van der Waals surface area contributed by atoms with Crippen molar-refractivity contribution in [2.45, 2.75) is 50.9 Å². The van der Waals surface area contributed by atoms with E-state index in [2.05, 4.69) is 17.0 Å². The lowest BCUT2D eigenvalue weighted by Crippen LogP contribution is -2.31. The van der Waals surface area contributed by atoms with Crippen LogP contribution in [0.15, 0.2) is 40.6 Å². The Labute approximate surface area is 159 Å². The van der Waals surface area contributed by atoms with Gasteiger partial charge in [-0.25, -0.2) is 13.1 Å². The Morgan fingerprint density at radius 1 is 1.12 bits per heavy atom. The molecule has 26 heavy (non-hydrogen) atoms. The zero-order valence-corrected chi connectivity index (χ0v) is 17.2. The molecule has 0 fully saturated rings. The summed E-state index contributed by atoms with van der Waals surface area (Å²) in [5.74, 6) is -0.0348. The average Bonchev–Trinajstić information content (AvgIpc) is 3.08. The standard InChI is InChI=1S/C19H26N2O3S2/c1-5-15-6-8-16(9-7-15)19(13(2)3)21-26(23,24)18-11-10-17(25-18)12-20-14(4)22/h6-11,13,19,21H,5,12H2,1-4H3,(H,20,22). The summed E-state index contributed by atoms with van der Waals surface area (Å²) < 4.78 is 28.7. The minimum Gasteiger partial charge on any atom is -0.351 e. The van der Waals surface area contributed by atoms with Crippen molar-refractivity contribution in [2.75, 3.05) is 0 Å². The number of carbonyl (C=O) groups is 1. The van der Waals surface area contributed by atoms with Gasteiger partial charge in [0.15, 0.2) is 0 Å². The summed E-state index contributed by atoms with van der Waals surface area (Å²) in [5.41, 5.74) is 2.18. The molecule has 1 aromatic heterocycles. The largest absolute Gasteiger partial charge is 0.351 e. The van der Waals surface area contributed by atoms with Gasteiger partial charge in [0, 0.05) is 17.8 Å². The van der Waals surface area contributed by atoms with Gasteiger partial charge in [-0.3, -0.25) is 4.79 Å². The van der Waals surface area contributed by atoms with Crippen LogP contribution in [0.25, 0.3) is 0 Å². The summed E-state index contributed by atoms with van der Waals surface area (Å²) >= 11 is 1.17. The summed E-state index contributed by atoms with van der Waals surface area (Å²) in [6.07, 6.45) is 0.949. The van der Waals surface area contributed by atoms with Crippen molar-refractivity contribution >= 4 is 27.3 Å². The lowest BCUT2D eigenvalue weighted by molar-refractivity contribution is -0.119. The van der Waals surface area contributed by atoms with E-state index in [0.717, 1.165) is 16.9 Å². The van der Waals surface area contributed by atoms with Crippen LogP contribution in [0, 0.1) is 5.92 Å². The molecule has 2 N–H and O–H groups in total. The highest BCUT2D eigenvalue weighted by atomic mass is 32.2. The maximum Gasteiger partial charge on any atom is 0.250 e. The Bertz CT molecular complexity index is 840. The Kier molecular flexibility index (Phi) is 6.97. The molecule has 0 spiro atoms. The van der Waals surface area contributed by atoms with Crippen LogP contribution < -0.4 is 10.0 Å². The van der Waals surface area contributed by atoms with Crippen molar-refractivity contribution in [1.29, 1.82) is 0 Å². The second-order valence-electron chi connectivity index (χ2n) is 6.57. The van der Waals surface area contributed by atoms with E-state index in [-0.39, 0.29) is 22.1 Å². The minimum absolute atomic E-state index is 0.107. The molecule has 0 bridgehead atoms. The Morgan fingerprint density at radius 3 is 2.31 bits per heavy atom. The number of aryl methyl sites for hydroxylation is 1. The third-order valence-corrected chi connectivity index (χ3v) is 7.13. The number of thiophene rings is 1. The van der Waals surface area contributed by atoms with Gasteiger partial charge in [0.25, 0.3) is 10.0 Å². The number of sulfonamides is 1. The summed E-state index contributed by atoms with van der Waals surface area (Å²) in [4.78, 5) is 11.8. The van der Waals surface area contributed by atoms with Crippen LogP contribution in [0.2, 0.25) is 0 Å². The molecule has 0 saturated heterocycles. The molecular formula is C19H26N2O3S2. The lowest BCUT2D eigenvalue weighted by atomic mass is 9.96. The lowest BCUT2D eigenvalue weighted by Gasteiger charge is -2.22. The van der Waals surface area contributed by atoms with Gasteiger partial charge in [0.05, 0.1) is 6.54 Å². The molecule has 1 aromatic carbocycles. The van der Waals surface area contributed by atoms with Crippen LogP contribution in [-0.2, 0) is 27.8 Å². The van der Waals surface area contributed by atoms with Crippen LogP contribution in [0.1, 0.15) is 49.7 Å². The molecule has 5 nitrogen and oxygen atoms in total. The molecule has 1 atom stereocenters. The maximum absolute atomic E-state index is 12.8. The Morgan fingerprint density at radius 2 is 1.77 bits per heavy atom. The maximum atomic E-state index is 12.8. The van der Waals surface area contributed by atoms with Crippen molar-refractivity contribution in [3.8, 4) is 0 Å². The van der Waals surface area contributed by atoms with Gasteiger partial charge in [-0.2, -0.15) is 0 Å². The van der Waals surface area contributed by atoms with E-state index < -0.39 is 10.0 Å². The van der Waals surface area contributed by atoms with Crippen molar-refractivity contribution in [2.24, 2.45) is 5.92 Å². The first-order valence-corrected chi connectivity index (χ1v) is 11.0. The first-order valence-electron chi connectivity index (χ1n) is 8.67. The molecule has 0 radical (unpaired) electrons. The van der Waals surface area contributed by atoms with Crippen LogP contribution in [0.4, 0.5) is 0 Å². The van der Waals surface area contributed by atoms with Crippen molar-refractivity contribution < 1.29 is 13.2 Å². The SMILES string of the molecule is CCc1ccc(C(NS(=O)(=O)c2ccc(CNC(C)=O)s2)C(C)C)cc1. The second kappa shape index (κ2) is 8.79. The summed E-state index contributed by atoms with van der Waals surface area (Å²) in [7, 11) is -3.63. The first kappa shape index (κ1) is 20.6. The molecule has 1 amide bonds. The van der Waals surface area contributed by atoms with E-state index in [1.54, 1.807) is 12.1 Å². The van der Waals surface area contributed by atoms with Crippen LogP contribution in [-0.4, -0.2) is 14.3 Å². The van der Waals surface area contributed by atoms with Crippen LogP contribution >= 0.6 is 11.3 Å². The third-order valence-electron chi connectivity index (χ3n) is 4.11. The number of nitrogens with one attached hydrogen (secondary N) is 2. The predicted molar refractivity (Wildman–Crippen MR) is 106 cm³/mol. The Hall–Kier alpha value is -1.70. The summed E-state index contributed by atoms with van der Waals surface area (Å²) in [5, 5.41) is 2.68. The highest BCUT2D eigenvalue weighted by Crippen LogP contribution is 2.27. The van der Waals surface area contributed by atoms with E-state index in [1.807, 2.05) is 38.1 Å². The predicted octanol–water partition coefficient (Wildman–Crippen LogP) is 3.62. The van der Waals surface area contributed by atoms with Gasteiger partial charge in [-0.15, -0.1) is 11.3 Å². The molecule has 142 valence electrons. The quantitative estimate of drug-likeness (QED) is 0.718. The highest BCUT2D eigenvalue weighted by molar-refractivity contribution is 7.91. The van der Waals surface area contributed by atoms with Crippen molar-refractivity contribution in [1.82, 2.24) is 10.0 Å². The summed E-state index contributed by atoms with van der Waals surface area (Å²) in [6.45, 7) is 7.85. The summed E-state index contributed by atoms with van der Waals surface area (Å²) in [6, 6.07) is 11.1. The number of hydrogen-bond acceptors (Lipinski definition) is 4. The molecule has 2 aromatic rings. The smallest absolute Gasteiger partial charge is 0.250 e. The monoisotopic (exact) mass is 394 g/mol. The Balaban J connectivity index is 2.19. The first-order chi connectivity index (χ1) is 12.2. The van der Waals surface area contributed by atoms with Gasteiger partial charge in [0.2, 0.25) is 5.91 Å². The highest BCUT2D eigenvalue weighted by Gasteiger charge is 2.25. The molecule has 0 aliphatic rings. The molecule has 0 saturated carbocycles. The van der Waals surface area contributed by atoms with Gasteiger partial charge in [0.1, 0.15) is 4.21 Å². The van der Waals surface area contributed by atoms with Crippen LogP contribution in [0.5, 0.6) is 0 Å². The van der Waals surface area contributed by atoms with Gasteiger partial charge in [-0.05, 0) is 35.6 Å². The van der Waals surface area contributed by atoms with Crippen molar-refractivity contribution in [3.63, 3.8) is 0 Å². The van der Waals surface area contributed by atoms with Crippen molar-refractivity contribution in [3.05, 3.63) is 52.4 Å². The second-order valence-corrected chi connectivity index (χ2v) is 9.68. The number of benzene rings is 1. The molecular weight excluding hydrogens is 368 g/mol. The van der Waals surface area contributed by atoms with E-state index in [0.29, 0.717) is 6.54 Å². The average molecular weight is 395 g/mol. The number of amides is 1.